The molecule has 4 aromatic carbocycles. The minimum Gasteiger partial charge on any atom is -0.507 e. The highest BCUT2D eigenvalue weighted by Crippen LogP contribution is 2.19. The van der Waals surface area contributed by atoms with Crippen molar-refractivity contribution in [1.29, 1.82) is 0 Å². The number of carbonyl (C=O) groups excluding carboxylic acids is 2. The molecule has 0 aliphatic carbocycles. The van der Waals surface area contributed by atoms with E-state index in [1.165, 1.54) is 62.4 Å². The first-order valence-corrected chi connectivity index (χ1v) is 12.7. The van der Waals surface area contributed by atoms with Gasteiger partial charge in [0.2, 0.25) is 0 Å². The second kappa shape index (κ2) is 18.8. The van der Waals surface area contributed by atoms with Crippen molar-refractivity contribution in [2.24, 2.45) is 0 Å². The number of rotatable bonds is 6. The third-order valence-corrected chi connectivity index (χ3v) is 5.01. The molecule has 0 heterocycles. The highest BCUT2D eigenvalue weighted by Gasteiger charge is 2.12. The van der Waals surface area contributed by atoms with Crippen LogP contribution in [0, 0.1) is 0 Å². The Kier molecular flexibility index (Phi) is 15.2. The first kappa shape index (κ1) is 37.3. The highest BCUT2D eigenvalue weighted by atomic mass is 16.5. The van der Waals surface area contributed by atoms with E-state index in [9.17, 15) is 28.8 Å². The monoisotopic (exact) mass is 636 g/mol. The number of hydrogen-bond donors (Lipinski definition) is 6. The van der Waals surface area contributed by atoms with Gasteiger partial charge in [0.1, 0.15) is 45.3 Å². The fraction of sp³-hybridized carbons (Fsp3) is 0.0625. The molecular weight excluding hydrogens is 608 g/mol. The van der Waals surface area contributed by atoms with Gasteiger partial charge in [-0.2, -0.15) is 0 Å². The van der Waals surface area contributed by atoms with Gasteiger partial charge in [-0.05, 0) is 48.5 Å². The SMILES string of the molecule is CC(=O)Oc1ccccc1C(=O)O.CC(=O)Oc1ccccc1C(=O)O.O=C(O)c1ccccc1O.O=C(O)c1ccccc1O. The predicted octanol–water partition coefficient (Wildman–Crippen LogP) is 4.80. The molecule has 0 unspecified atom stereocenters. The summed E-state index contributed by atoms with van der Waals surface area (Å²) < 4.78 is 9.37. The fourth-order valence-electron chi connectivity index (χ4n) is 3.08. The number of benzene rings is 4. The van der Waals surface area contributed by atoms with E-state index in [4.69, 9.17) is 30.6 Å². The lowest BCUT2D eigenvalue weighted by Gasteiger charge is -2.03. The van der Waals surface area contributed by atoms with Crippen LogP contribution in [0.3, 0.4) is 0 Å². The zero-order chi connectivity index (χ0) is 34.8. The summed E-state index contributed by atoms with van der Waals surface area (Å²) in [5.74, 6) is -5.78. The number of esters is 2. The molecule has 0 bridgehead atoms. The van der Waals surface area contributed by atoms with Crippen molar-refractivity contribution < 1.29 is 68.9 Å². The number of carboxylic acid groups (broad SMARTS) is 4. The van der Waals surface area contributed by atoms with Crippen LogP contribution in [-0.4, -0.2) is 66.5 Å². The Labute approximate surface area is 261 Å². The molecule has 4 rings (SSSR count). The van der Waals surface area contributed by atoms with Crippen LogP contribution in [-0.2, 0) is 9.59 Å². The van der Waals surface area contributed by atoms with Crippen molar-refractivity contribution >= 4 is 35.8 Å². The molecule has 240 valence electrons. The van der Waals surface area contributed by atoms with Crippen LogP contribution in [0.5, 0.6) is 23.0 Å². The van der Waals surface area contributed by atoms with E-state index in [1.807, 2.05) is 0 Å². The Balaban J connectivity index is 0.000000309. The third kappa shape index (κ3) is 13.1. The number of carboxylic acids is 4. The van der Waals surface area contributed by atoms with E-state index in [0.29, 0.717) is 0 Å². The first-order chi connectivity index (χ1) is 21.6. The third-order valence-electron chi connectivity index (χ3n) is 5.01. The topological polar surface area (TPSA) is 242 Å². The van der Waals surface area contributed by atoms with E-state index < -0.39 is 35.8 Å². The maximum absolute atomic E-state index is 10.6. The van der Waals surface area contributed by atoms with Gasteiger partial charge < -0.3 is 40.1 Å². The van der Waals surface area contributed by atoms with E-state index in [-0.39, 0.29) is 45.3 Å². The van der Waals surface area contributed by atoms with Gasteiger partial charge in [0.15, 0.2) is 0 Å². The van der Waals surface area contributed by atoms with E-state index >= 15 is 0 Å². The van der Waals surface area contributed by atoms with Gasteiger partial charge in [0.25, 0.3) is 0 Å². The normalized spacial score (nSPS) is 9.26. The molecule has 0 aliphatic rings. The van der Waals surface area contributed by atoms with E-state index in [0.717, 1.165) is 0 Å². The van der Waals surface area contributed by atoms with Crippen molar-refractivity contribution in [3.8, 4) is 23.0 Å². The Bertz CT molecular complexity index is 1570. The first-order valence-electron chi connectivity index (χ1n) is 12.7. The van der Waals surface area contributed by atoms with Gasteiger partial charge in [0.05, 0.1) is 0 Å². The molecule has 4 aromatic rings. The van der Waals surface area contributed by atoms with Gasteiger partial charge in [-0.25, -0.2) is 19.2 Å². The quantitative estimate of drug-likeness (QED) is 0.123. The number of phenols is 2. The average molecular weight is 637 g/mol. The molecule has 0 fully saturated rings. The smallest absolute Gasteiger partial charge is 0.339 e. The number of para-hydroxylation sites is 4. The van der Waals surface area contributed by atoms with Crippen LogP contribution in [0.1, 0.15) is 55.3 Å². The minimum atomic E-state index is -1.11. The van der Waals surface area contributed by atoms with Crippen molar-refractivity contribution in [3.63, 3.8) is 0 Å². The van der Waals surface area contributed by atoms with Crippen molar-refractivity contribution in [2.75, 3.05) is 0 Å². The van der Waals surface area contributed by atoms with Crippen LogP contribution < -0.4 is 9.47 Å². The molecule has 14 heteroatoms. The molecule has 46 heavy (non-hydrogen) atoms. The molecule has 0 saturated carbocycles. The second-order valence-corrected chi connectivity index (χ2v) is 8.43. The number of hydrogen-bond acceptors (Lipinski definition) is 10. The number of aromatic carboxylic acids is 4. The van der Waals surface area contributed by atoms with Crippen LogP contribution in [0.25, 0.3) is 0 Å². The summed E-state index contributed by atoms with van der Waals surface area (Å²) in [6.07, 6.45) is 0. The van der Waals surface area contributed by atoms with Crippen molar-refractivity contribution in [2.45, 2.75) is 13.8 Å². The summed E-state index contributed by atoms with van der Waals surface area (Å²) in [4.78, 5) is 62.9. The van der Waals surface area contributed by atoms with Gasteiger partial charge in [-0.1, -0.05) is 48.5 Å². The molecule has 6 N–H and O–H groups in total. The summed E-state index contributed by atoms with van der Waals surface area (Å²) in [6, 6.07) is 23.6. The highest BCUT2D eigenvalue weighted by molar-refractivity contribution is 5.93. The van der Waals surface area contributed by atoms with Crippen LogP contribution >= 0.6 is 0 Å². The average Bonchev–Trinajstić information content (AvgIpc) is 2.98. The lowest BCUT2D eigenvalue weighted by atomic mass is 10.2. The largest absolute Gasteiger partial charge is 0.507 e. The summed E-state index contributed by atoms with van der Waals surface area (Å²) in [5.41, 5.74) is -0.166. The maximum Gasteiger partial charge on any atom is 0.339 e. The van der Waals surface area contributed by atoms with Crippen molar-refractivity contribution in [1.82, 2.24) is 0 Å². The molecular formula is C32H28O14. The lowest BCUT2D eigenvalue weighted by Crippen LogP contribution is -2.06. The molecule has 0 aliphatic heterocycles. The molecule has 0 aromatic heterocycles. The number of carbonyl (C=O) groups is 6. The molecule has 0 spiro atoms. The number of ether oxygens (including phenoxy) is 2. The molecule has 0 atom stereocenters. The van der Waals surface area contributed by atoms with Gasteiger partial charge >= 0.3 is 35.8 Å². The Morgan fingerprint density at radius 2 is 0.652 bits per heavy atom. The van der Waals surface area contributed by atoms with Crippen molar-refractivity contribution in [3.05, 3.63) is 119 Å². The Morgan fingerprint density at radius 3 is 0.870 bits per heavy atom. The zero-order valence-corrected chi connectivity index (χ0v) is 24.2. The van der Waals surface area contributed by atoms with E-state index in [1.54, 1.807) is 48.5 Å². The summed E-state index contributed by atoms with van der Waals surface area (Å²) >= 11 is 0. The van der Waals surface area contributed by atoms with Crippen LogP contribution in [0.4, 0.5) is 0 Å². The van der Waals surface area contributed by atoms with Gasteiger partial charge in [-0.3, -0.25) is 9.59 Å². The van der Waals surface area contributed by atoms with Crippen LogP contribution in [0.2, 0.25) is 0 Å². The fourth-order valence-corrected chi connectivity index (χ4v) is 3.08. The maximum atomic E-state index is 10.6. The summed E-state index contributed by atoms with van der Waals surface area (Å²) in [7, 11) is 0. The zero-order valence-electron chi connectivity index (χ0n) is 24.2. The van der Waals surface area contributed by atoms with Crippen LogP contribution in [0.15, 0.2) is 97.1 Å². The predicted molar refractivity (Wildman–Crippen MR) is 160 cm³/mol. The Hall–Kier alpha value is -6.70. The van der Waals surface area contributed by atoms with E-state index in [2.05, 4.69) is 9.47 Å². The molecule has 14 nitrogen and oxygen atoms in total. The summed E-state index contributed by atoms with van der Waals surface area (Å²) in [5, 5.41) is 52.0. The Morgan fingerprint density at radius 1 is 0.413 bits per heavy atom. The van der Waals surface area contributed by atoms with Gasteiger partial charge in [-0.15, -0.1) is 0 Å². The number of aromatic hydroxyl groups is 2. The standard InChI is InChI=1S/2C9H8O4.2C7H6O3/c2*1-6(10)13-8-5-3-2-4-7(8)9(11)12;2*8-6-4-2-1-3-5(6)7(9)10/h2*2-5H,1H3,(H,11,12);2*1-4,8H,(H,9,10). The minimum absolute atomic E-state index is 0.0160. The second-order valence-electron chi connectivity index (χ2n) is 8.43. The molecule has 0 saturated heterocycles. The summed E-state index contributed by atoms with van der Waals surface area (Å²) in [6.45, 7) is 2.44. The van der Waals surface area contributed by atoms with Gasteiger partial charge in [0, 0.05) is 13.8 Å². The lowest BCUT2D eigenvalue weighted by molar-refractivity contribution is -0.132. The molecule has 0 radical (unpaired) electrons. The molecule has 0 amide bonds.